The zero-order valence-corrected chi connectivity index (χ0v) is 15.8. The van der Waals surface area contributed by atoms with Crippen molar-refractivity contribution in [3.63, 3.8) is 0 Å². The van der Waals surface area contributed by atoms with Crippen LogP contribution in [-0.4, -0.2) is 26.6 Å². The van der Waals surface area contributed by atoms with E-state index in [1.165, 1.54) is 5.56 Å². The molecule has 1 aliphatic carbocycles. The van der Waals surface area contributed by atoms with Crippen LogP contribution >= 0.6 is 22.6 Å². The van der Waals surface area contributed by atoms with Gasteiger partial charge in [0.05, 0.1) is 17.8 Å². The van der Waals surface area contributed by atoms with Gasteiger partial charge in [0.1, 0.15) is 5.78 Å². The molecule has 0 unspecified atom stereocenters. The molecule has 4 nitrogen and oxygen atoms in total. The number of carbonyl (C=O) groups is 1. The maximum atomic E-state index is 12.5. The van der Waals surface area contributed by atoms with Gasteiger partial charge < -0.3 is 0 Å². The molecule has 1 saturated carbocycles. The fourth-order valence-corrected chi connectivity index (χ4v) is 4.54. The number of alkyl halides is 1. The van der Waals surface area contributed by atoms with Crippen LogP contribution in [0, 0.1) is 5.41 Å². The van der Waals surface area contributed by atoms with Gasteiger partial charge in [0.15, 0.2) is 0 Å². The predicted molar refractivity (Wildman–Crippen MR) is 94.6 cm³/mol. The molecule has 0 aliphatic heterocycles. The highest BCUT2D eigenvalue weighted by Gasteiger charge is 2.45. The molecule has 1 aromatic carbocycles. The van der Waals surface area contributed by atoms with Gasteiger partial charge in [0.25, 0.3) is 10.1 Å². The lowest BCUT2D eigenvalue weighted by Gasteiger charge is -2.39. The quantitative estimate of drug-likeness (QED) is 0.404. The molecule has 0 saturated heterocycles. The van der Waals surface area contributed by atoms with E-state index in [-0.39, 0.29) is 5.78 Å². The van der Waals surface area contributed by atoms with Crippen LogP contribution in [-0.2, 0) is 29.9 Å². The number of hydrogen-bond acceptors (Lipinski definition) is 4. The number of ketones is 1. The van der Waals surface area contributed by atoms with Gasteiger partial charge in [-0.1, -0.05) is 46.9 Å². The fourth-order valence-electron chi connectivity index (χ4n) is 3.07. The van der Waals surface area contributed by atoms with Gasteiger partial charge in [0, 0.05) is 10.8 Å². The highest BCUT2D eigenvalue weighted by atomic mass is 127. The minimum absolute atomic E-state index is 0.0932. The second-order valence-electron chi connectivity index (χ2n) is 6.10. The highest BCUT2D eigenvalue weighted by Crippen LogP contribution is 2.39. The molecule has 0 bridgehead atoms. The maximum Gasteiger partial charge on any atom is 0.264 e. The lowest BCUT2D eigenvalue weighted by molar-refractivity contribution is -0.136. The molecule has 22 heavy (non-hydrogen) atoms. The second-order valence-corrected chi connectivity index (χ2v) is 8.46. The van der Waals surface area contributed by atoms with Crippen LogP contribution in [0.5, 0.6) is 0 Å². The molecule has 1 aromatic rings. The zero-order chi connectivity index (χ0) is 16.4. The Morgan fingerprint density at radius 3 is 2.55 bits per heavy atom. The van der Waals surface area contributed by atoms with Crippen molar-refractivity contribution in [1.82, 2.24) is 0 Å². The SMILES string of the molecule is C[C@@]1(Cc2ccccc2CI)C(=O)CCC[C@@H]1OS(C)(=O)=O. The van der Waals surface area contributed by atoms with Gasteiger partial charge in [-0.15, -0.1) is 0 Å². The van der Waals surface area contributed by atoms with E-state index >= 15 is 0 Å². The van der Waals surface area contributed by atoms with Crippen molar-refractivity contribution in [2.75, 3.05) is 6.26 Å². The third-order valence-corrected chi connectivity index (χ3v) is 5.73. The van der Waals surface area contributed by atoms with Gasteiger partial charge in [-0.2, -0.15) is 8.42 Å². The molecular weight excluding hydrogens is 415 g/mol. The summed E-state index contributed by atoms with van der Waals surface area (Å²) in [7, 11) is -3.58. The summed E-state index contributed by atoms with van der Waals surface area (Å²) in [6, 6.07) is 7.99. The monoisotopic (exact) mass is 436 g/mol. The second kappa shape index (κ2) is 6.97. The van der Waals surface area contributed by atoms with Gasteiger partial charge in [-0.3, -0.25) is 8.98 Å². The summed E-state index contributed by atoms with van der Waals surface area (Å²) in [5, 5.41) is 0. The van der Waals surface area contributed by atoms with E-state index in [1.54, 1.807) is 0 Å². The summed E-state index contributed by atoms with van der Waals surface area (Å²) in [4.78, 5) is 12.5. The maximum absolute atomic E-state index is 12.5. The number of Topliss-reactive ketones (excluding diaryl/α,β-unsaturated/α-hetero) is 1. The largest absolute Gasteiger partial charge is 0.299 e. The van der Waals surface area contributed by atoms with Crippen molar-refractivity contribution in [2.24, 2.45) is 5.41 Å². The van der Waals surface area contributed by atoms with Crippen molar-refractivity contribution in [2.45, 2.75) is 43.1 Å². The Kier molecular flexibility index (Phi) is 5.66. The Morgan fingerprint density at radius 2 is 1.95 bits per heavy atom. The first-order chi connectivity index (χ1) is 10.3. The Bertz CT molecular complexity index is 656. The number of carbonyl (C=O) groups excluding carboxylic acids is 1. The molecule has 1 fully saturated rings. The third kappa shape index (κ3) is 4.08. The summed E-state index contributed by atoms with van der Waals surface area (Å²) < 4.78 is 29.2. The topological polar surface area (TPSA) is 60.4 Å². The zero-order valence-electron chi connectivity index (χ0n) is 12.8. The van der Waals surface area contributed by atoms with E-state index in [1.807, 2.05) is 31.2 Å². The Labute approximate surface area is 145 Å². The van der Waals surface area contributed by atoms with Crippen molar-refractivity contribution in [1.29, 1.82) is 0 Å². The smallest absolute Gasteiger partial charge is 0.264 e. The van der Waals surface area contributed by atoms with Crippen LogP contribution in [0.3, 0.4) is 0 Å². The number of hydrogen-bond donors (Lipinski definition) is 0. The Hall–Kier alpha value is -0.470. The van der Waals surface area contributed by atoms with E-state index in [0.29, 0.717) is 25.7 Å². The molecule has 0 radical (unpaired) electrons. The van der Waals surface area contributed by atoms with Crippen LogP contribution in [0.1, 0.15) is 37.3 Å². The van der Waals surface area contributed by atoms with E-state index in [2.05, 4.69) is 22.6 Å². The average Bonchev–Trinajstić information content (AvgIpc) is 2.44. The average molecular weight is 436 g/mol. The molecular formula is C16H21IO4S. The molecule has 2 rings (SSSR count). The summed E-state index contributed by atoms with van der Waals surface area (Å²) >= 11 is 2.30. The van der Waals surface area contributed by atoms with Gasteiger partial charge in [-0.25, -0.2) is 0 Å². The first kappa shape index (κ1) is 17.9. The van der Waals surface area contributed by atoms with E-state index in [9.17, 15) is 13.2 Å². The van der Waals surface area contributed by atoms with Crippen molar-refractivity contribution in [3.8, 4) is 0 Å². The van der Waals surface area contributed by atoms with E-state index in [4.69, 9.17) is 4.18 Å². The minimum atomic E-state index is -3.58. The Balaban J connectivity index is 2.35. The van der Waals surface area contributed by atoms with Crippen LogP contribution in [0.25, 0.3) is 0 Å². The molecule has 122 valence electrons. The molecule has 0 aromatic heterocycles. The van der Waals surface area contributed by atoms with Crippen LogP contribution < -0.4 is 0 Å². The normalized spacial score (nSPS) is 26.1. The van der Waals surface area contributed by atoms with Crippen molar-refractivity contribution in [3.05, 3.63) is 35.4 Å². The third-order valence-electron chi connectivity index (χ3n) is 4.33. The van der Waals surface area contributed by atoms with Crippen molar-refractivity contribution >= 4 is 38.5 Å². The fraction of sp³-hybridized carbons (Fsp3) is 0.562. The molecule has 2 atom stereocenters. The molecule has 0 N–H and O–H groups in total. The number of halogens is 1. The predicted octanol–water partition coefficient (Wildman–Crippen LogP) is 3.27. The van der Waals surface area contributed by atoms with Gasteiger partial charge in [0.2, 0.25) is 0 Å². The van der Waals surface area contributed by atoms with Crippen molar-refractivity contribution < 1.29 is 17.4 Å². The highest BCUT2D eigenvalue weighted by molar-refractivity contribution is 14.1. The minimum Gasteiger partial charge on any atom is -0.299 e. The molecule has 1 aliphatic rings. The van der Waals surface area contributed by atoms with E-state index < -0.39 is 21.6 Å². The first-order valence-electron chi connectivity index (χ1n) is 7.30. The summed E-state index contributed by atoms with van der Waals surface area (Å²) in [5.41, 5.74) is 1.49. The van der Waals surface area contributed by atoms with Crippen LogP contribution in [0.2, 0.25) is 0 Å². The summed E-state index contributed by atoms with van der Waals surface area (Å²) in [6.45, 7) is 1.84. The molecule has 6 heteroatoms. The van der Waals surface area contributed by atoms with E-state index in [0.717, 1.165) is 16.2 Å². The molecule has 0 spiro atoms. The first-order valence-corrected chi connectivity index (χ1v) is 10.6. The Morgan fingerprint density at radius 1 is 1.32 bits per heavy atom. The van der Waals surface area contributed by atoms with Crippen LogP contribution in [0.15, 0.2) is 24.3 Å². The standard InChI is InChI=1S/C16H21IO4S/c1-16(10-12-6-3-4-7-13(12)11-17)14(18)8-5-9-15(16)21-22(2,19)20/h3-4,6-7,15H,5,8-11H2,1-2H3/t15-,16+/m0/s1. The summed E-state index contributed by atoms with van der Waals surface area (Å²) in [6.07, 6.45) is 2.76. The molecule has 0 amide bonds. The van der Waals surface area contributed by atoms with Crippen LogP contribution in [0.4, 0.5) is 0 Å². The number of benzene rings is 1. The van der Waals surface area contributed by atoms with Gasteiger partial charge >= 0.3 is 0 Å². The molecule has 0 heterocycles. The van der Waals surface area contributed by atoms with Gasteiger partial charge in [-0.05, 0) is 37.3 Å². The lowest BCUT2D eigenvalue weighted by Crippen LogP contribution is -2.47. The summed E-state index contributed by atoms with van der Waals surface area (Å²) in [5.74, 6) is 0.0932. The lowest BCUT2D eigenvalue weighted by atomic mass is 9.68. The number of rotatable bonds is 5.